The molecule has 0 saturated carbocycles. The molecule has 0 fully saturated rings. The molecule has 0 amide bonds. The number of benzene rings is 1. The van der Waals surface area contributed by atoms with Crippen LogP contribution in [-0.4, -0.2) is 52.3 Å². The van der Waals surface area contributed by atoms with Crippen LogP contribution in [0.25, 0.3) is 0 Å². The fourth-order valence-electron chi connectivity index (χ4n) is 2.71. The first-order valence-electron chi connectivity index (χ1n) is 9.19. The number of halogens is 1. The number of hydrogen-bond acceptors (Lipinski definition) is 4. The van der Waals surface area contributed by atoms with Gasteiger partial charge >= 0.3 is 0 Å². The Hall–Kier alpha value is -1.68. The maximum atomic E-state index is 4.28. The van der Waals surface area contributed by atoms with E-state index in [1.54, 1.807) is 13.4 Å². The number of rotatable bonds is 9. The number of aromatic nitrogens is 3. The summed E-state index contributed by atoms with van der Waals surface area (Å²) in [6.07, 6.45) is 2.78. The molecule has 0 saturated heterocycles. The average molecular weight is 485 g/mol. The fraction of sp³-hybridized carbons (Fsp3) is 0.526. The highest BCUT2D eigenvalue weighted by Gasteiger charge is 2.10. The minimum atomic E-state index is 0. The Morgan fingerprint density at radius 3 is 2.67 bits per heavy atom. The number of nitrogens with zero attached hydrogens (tertiary/aromatic N) is 5. The van der Waals surface area contributed by atoms with Gasteiger partial charge in [0, 0.05) is 32.7 Å². The third kappa shape index (κ3) is 7.84. The topological polar surface area (TPSA) is 70.4 Å². The molecule has 2 rings (SSSR count). The molecule has 0 spiro atoms. The molecular formula is C19H32IN7. The van der Waals surface area contributed by atoms with Crippen molar-refractivity contribution in [2.45, 2.75) is 45.9 Å². The quantitative estimate of drug-likeness (QED) is 0.325. The summed E-state index contributed by atoms with van der Waals surface area (Å²) in [4.78, 5) is 6.65. The number of aliphatic imine (C=N–C) groups is 1. The van der Waals surface area contributed by atoms with Crippen molar-refractivity contribution in [1.82, 2.24) is 30.3 Å². The molecule has 1 atom stereocenters. The predicted molar refractivity (Wildman–Crippen MR) is 121 cm³/mol. The minimum Gasteiger partial charge on any atom is -0.356 e. The Bertz CT molecular complexity index is 672. The van der Waals surface area contributed by atoms with E-state index in [4.69, 9.17) is 0 Å². The van der Waals surface area contributed by atoms with Crippen molar-refractivity contribution in [1.29, 1.82) is 0 Å². The first-order chi connectivity index (χ1) is 12.6. The Balaban J connectivity index is 0.00000364. The zero-order valence-corrected chi connectivity index (χ0v) is 19.1. The molecule has 150 valence electrons. The first kappa shape index (κ1) is 23.4. The lowest BCUT2D eigenvalue weighted by Crippen LogP contribution is -2.40. The summed E-state index contributed by atoms with van der Waals surface area (Å²) >= 11 is 0. The molecule has 0 aliphatic carbocycles. The van der Waals surface area contributed by atoms with Crippen LogP contribution in [0.5, 0.6) is 0 Å². The van der Waals surface area contributed by atoms with E-state index in [1.807, 2.05) is 4.57 Å². The van der Waals surface area contributed by atoms with Crippen molar-refractivity contribution in [2.75, 3.05) is 20.6 Å². The lowest BCUT2D eigenvalue weighted by Gasteiger charge is -2.25. The molecule has 1 aromatic carbocycles. The van der Waals surface area contributed by atoms with Crippen molar-refractivity contribution in [3.8, 4) is 0 Å². The highest BCUT2D eigenvalue weighted by Crippen LogP contribution is 2.07. The van der Waals surface area contributed by atoms with Crippen LogP contribution in [-0.2, 0) is 19.6 Å². The molecule has 1 heterocycles. The highest BCUT2D eigenvalue weighted by atomic mass is 127. The van der Waals surface area contributed by atoms with E-state index in [0.29, 0.717) is 12.6 Å². The van der Waals surface area contributed by atoms with E-state index in [0.717, 1.165) is 37.8 Å². The smallest absolute Gasteiger partial charge is 0.191 e. The second-order valence-corrected chi connectivity index (χ2v) is 6.42. The Morgan fingerprint density at radius 1 is 1.26 bits per heavy atom. The van der Waals surface area contributed by atoms with E-state index >= 15 is 0 Å². The van der Waals surface area contributed by atoms with Gasteiger partial charge in [-0.3, -0.25) is 9.89 Å². The second-order valence-electron chi connectivity index (χ2n) is 6.42. The Morgan fingerprint density at radius 2 is 2.00 bits per heavy atom. The molecule has 7 nitrogen and oxygen atoms in total. The van der Waals surface area contributed by atoms with Gasteiger partial charge in [-0.1, -0.05) is 30.3 Å². The molecular weight excluding hydrogens is 453 g/mol. The van der Waals surface area contributed by atoms with Crippen molar-refractivity contribution >= 4 is 29.9 Å². The maximum absolute atomic E-state index is 4.28. The molecule has 1 unspecified atom stereocenters. The monoisotopic (exact) mass is 485 g/mol. The molecule has 0 aliphatic rings. The van der Waals surface area contributed by atoms with Gasteiger partial charge < -0.3 is 15.2 Å². The molecule has 0 bridgehead atoms. The van der Waals surface area contributed by atoms with Gasteiger partial charge in [0.1, 0.15) is 6.33 Å². The second kappa shape index (κ2) is 12.7. The fourth-order valence-corrected chi connectivity index (χ4v) is 2.71. The number of aryl methyl sites for hydroxylation is 1. The predicted octanol–water partition coefficient (Wildman–Crippen LogP) is 2.49. The third-order valence-corrected chi connectivity index (χ3v) is 4.56. The van der Waals surface area contributed by atoms with Gasteiger partial charge in [0.2, 0.25) is 0 Å². The largest absolute Gasteiger partial charge is 0.356 e. The summed E-state index contributed by atoms with van der Waals surface area (Å²) in [5.74, 6) is 1.69. The van der Waals surface area contributed by atoms with Crippen molar-refractivity contribution in [3.63, 3.8) is 0 Å². The zero-order chi connectivity index (χ0) is 18.8. The normalized spacial score (nSPS) is 12.6. The maximum Gasteiger partial charge on any atom is 0.191 e. The van der Waals surface area contributed by atoms with Crippen LogP contribution in [0.1, 0.15) is 31.7 Å². The zero-order valence-electron chi connectivity index (χ0n) is 16.7. The standard InChI is InChI=1S/C19H31N7.HI/c1-5-26-15-23-24-18(26)13-22-19(20-3)21-12-11-16(2)25(4)14-17-9-7-6-8-10-17;/h6-10,15-16H,5,11-14H2,1-4H3,(H2,20,21,22);1H. The van der Waals surface area contributed by atoms with Crippen LogP contribution in [0.2, 0.25) is 0 Å². The summed E-state index contributed by atoms with van der Waals surface area (Å²) in [5.41, 5.74) is 1.34. The van der Waals surface area contributed by atoms with E-state index < -0.39 is 0 Å². The van der Waals surface area contributed by atoms with Gasteiger partial charge in [0.15, 0.2) is 11.8 Å². The molecule has 27 heavy (non-hydrogen) atoms. The van der Waals surface area contributed by atoms with Gasteiger partial charge in [-0.25, -0.2) is 0 Å². The van der Waals surface area contributed by atoms with Crippen LogP contribution in [0, 0.1) is 0 Å². The lowest BCUT2D eigenvalue weighted by molar-refractivity contribution is 0.238. The summed E-state index contributed by atoms with van der Waals surface area (Å²) < 4.78 is 2.01. The average Bonchev–Trinajstić information content (AvgIpc) is 3.12. The summed E-state index contributed by atoms with van der Waals surface area (Å²) in [6.45, 7) is 7.62. The molecule has 0 radical (unpaired) electrons. The Kier molecular flexibility index (Phi) is 11.0. The first-order valence-corrected chi connectivity index (χ1v) is 9.19. The van der Waals surface area contributed by atoms with Crippen LogP contribution >= 0.6 is 24.0 Å². The van der Waals surface area contributed by atoms with Crippen molar-refractivity contribution in [3.05, 3.63) is 48.0 Å². The number of guanidine groups is 1. The summed E-state index contributed by atoms with van der Waals surface area (Å²) in [7, 11) is 3.95. The van der Waals surface area contributed by atoms with E-state index in [1.165, 1.54) is 5.56 Å². The van der Waals surface area contributed by atoms with E-state index in [-0.39, 0.29) is 24.0 Å². The molecule has 8 heteroatoms. The van der Waals surface area contributed by atoms with Gasteiger partial charge in [0.25, 0.3) is 0 Å². The van der Waals surface area contributed by atoms with Crippen molar-refractivity contribution in [2.24, 2.45) is 4.99 Å². The van der Waals surface area contributed by atoms with Gasteiger partial charge in [-0.2, -0.15) is 0 Å². The molecule has 1 aromatic heterocycles. The SMILES string of the molecule is CCn1cnnc1CNC(=NC)NCCC(C)N(C)Cc1ccccc1.I. The van der Waals surface area contributed by atoms with Gasteiger partial charge in [-0.15, -0.1) is 34.2 Å². The number of hydrogen-bond donors (Lipinski definition) is 2. The number of nitrogens with one attached hydrogen (secondary N) is 2. The van der Waals surface area contributed by atoms with Crippen LogP contribution in [0.4, 0.5) is 0 Å². The molecule has 2 aromatic rings. The van der Waals surface area contributed by atoms with Crippen LogP contribution < -0.4 is 10.6 Å². The van der Waals surface area contributed by atoms with Gasteiger partial charge in [0.05, 0.1) is 6.54 Å². The summed E-state index contributed by atoms with van der Waals surface area (Å²) in [6, 6.07) is 11.0. The molecule has 0 aliphatic heterocycles. The van der Waals surface area contributed by atoms with E-state index in [2.05, 4.69) is 82.0 Å². The molecule has 2 N–H and O–H groups in total. The lowest BCUT2D eigenvalue weighted by atomic mass is 10.1. The highest BCUT2D eigenvalue weighted by molar-refractivity contribution is 14.0. The van der Waals surface area contributed by atoms with E-state index in [9.17, 15) is 0 Å². The van der Waals surface area contributed by atoms with Crippen LogP contribution in [0.3, 0.4) is 0 Å². The van der Waals surface area contributed by atoms with Crippen LogP contribution in [0.15, 0.2) is 41.7 Å². The summed E-state index contributed by atoms with van der Waals surface area (Å²) in [5, 5.41) is 14.7. The Labute approximate surface area is 179 Å². The van der Waals surface area contributed by atoms with Crippen molar-refractivity contribution < 1.29 is 0 Å². The van der Waals surface area contributed by atoms with Gasteiger partial charge in [-0.05, 0) is 32.9 Å². The third-order valence-electron chi connectivity index (χ3n) is 4.56. The minimum absolute atomic E-state index is 0.